The second-order valence-electron chi connectivity index (χ2n) is 6.20. The number of hydrogen-bond acceptors (Lipinski definition) is 4. The Kier molecular flexibility index (Phi) is 5.13. The number of amides is 2. The summed E-state index contributed by atoms with van der Waals surface area (Å²) in [6, 6.07) is 4.24. The lowest BCUT2D eigenvalue weighted by molar-refractivity contribution is -0.129. The Labute approximate surface area is 140 Å². The molecule has 6 heteroatoms. The first-order chi connectivity index (χ1) is 11.1. The number of carbonyl (C=O) groups excluding carboxylic acids is 2. The molecule has 1 aromatic heterocycles. The predicted molar refractivity (Wildman–Crippen MR) is 91.9 cm³/mol. The third kappa shape index (κ3) is 3.82. The van der Waals surface area contributed by atoms with Crippen molar-refractivity contribution in [2.75, 3.05) is 19.6 Å². The van der Waals surface area contributed by atoms with E-state index in [1.165, 1.54) is 0 Å². The summed E-state index contributed by atoms with van der Waals surface area (Å²) in [4.78, 5) is 29.0. The van der Waals surface area contributed by atoms with Gasteiger partial charge in [-0.2, -0.15) is 0 Å². The van der Waals surface area contributed by atoms with E-state index < -0.39 is 0 Å². The van der Waals surface area contributed by atoms with Crippen LogP contribution in [0.3, 0.4) is 0 Å². The summed E-state index contributed by atoms with van der Waals surface area (Å²) in [5, 5.41) is 2.00. The van der Waals surface area contributed by atoms with Crippen LogP contribution >= 0.6 is 11.3 Å². The van der Waals surface area contributed by atoms with Crippen LogP contribution in [-0.2, 0) is 9.59 Å². The first-order valence-electron chi connectivity index (χ1n) is 8.20. The SMILES string of the molecule is NC(=O)[C@@H]1CCCN1C1CCN(C(=O)/C=C/c2cccs2)CC1. The lowest BCUT2D eigenvalue weighted by Gasteiger charge is -2.38. The maximum absolute atomic E-state index is 12.2. The molecule has 0 spiro atoms. The zero-order chi connectivity index (χ0) is 16.2. The number of piperidine rings is 1. The maximum atomic E-state index is 12.2. The van der Waals surface area contributed by atoms with Crippen molar-refractivity contribution in [3.8, 4) is 0 Å². The fourth-order valence-electron chi connectivity index (χ4n) is 3.59. The van der Waals surface area contributed by atoms with Crippen molar-refractivity contribution in [2.45, 2.75) is 37.8 Å². The number of rotatable bonds is 4. The van der Waals surface area contributed by atoms with Gasteiger partial charge in [0.05, 0.1) is 6.04 Å². The minimum absolute atomic E-state index is 0.0738. The van der Waals surface area contributed by atoms with Crippen LogP contribution in [0.15, 0.2) is 23.6 Å². The van der Waals surface area contributed by atoms with Gasteiger partial charge in [0.2, 0.25) is 11.8 Å². The first-order valence-corrected chi connectivity index (χ1v) is 9.08. The van der Waals surface area contributed by atoms with Crippen LogP contribution in [0.1, 0.15) is 30.6 Å². The smallest absolute Gasteiger partial charge is 0.246 e. The van der Waals surface area contributed by atoms with Crippen LogP contribution in [0.5, 0.6) is 0 Å². The van der Waals surface area contributed by atoms with E-state index in [1.807, 2.05) is 28.5 Å². The van der Waals surface area contributed by atoms with E-state index in [9.17, 15) is 9.59 Å². The molecule has 0 saturated carbocycles. The second kappa shape index (κ2) is 7.27. The molecule has 2 aliphatic heterocycles. The number of nitrogens with two attached hydrogens (primary N) is 1. The van der Waals surface area contributed by atoms with Gasteiger partial charge in [-0.3, -0.25) is 14.5 Å². The molecule has 0 unspecified atom stereocenters. The lowest BCUT2D eigenvalue weighted by atomic mass is 10.0. The fraction of sp³-hybridized carbons (Fsp3) is 0.529. The van der Waals surface area contributed by atoms with Crippen molar-refractivity contribution >= 4 is 29.2 Å². The standard InChI is InChI=1S/C17H23N3O2S/c18-17(22)15-4-1-9-20(15)13-7-10-19(11-8-13)16(21)6-5-14-3-2-12-23-14/h2-3,5-6,12-13,15H,1,4,7-11H2,(H2,18,22)/b6-5+/t15-/m0/s1. The number of carbonyl (C=O) groups is 2. The number of hydrogen-bond donors (Lipinski definition) is 1. The molecular weight excluding hydrogens is 310 g/mol. The molecule has 0 aromatic carbocycles. The third-order valence-electron chi connectivity index (χ3n) is 4.80. The lowest BCUT2D eigenvalue weighted by Crippen LogP contribution is -2.51. The van der Waals surface area contributed by atoms with Crippen LogP contribution in [0.4, 0.5) is 0 Å². The van der Waals surface area contributed by atoms with Gasteiger partial charge in [-0.1, -0.05) is 6.07 Å². The van der Waals surface area contributed by atoms with E-state index in [4.69, 9.17) is 5.73 Å². The highest BCUT2D eigenvalue weighted by atomic mass is 32.1. The summed E-state index contributed by atoms with van der Waals surface area (Å²) in [5.41, 5.74) is 5.50. The summed E-state index contributed by atoms with van der Waals surface area (Å²) in [6.45, 7) is 2.45. The largest absolute Gasteiger partial charge is 0.368 e. The third-order valence-corrected chi connectivity index (χ3v) is 5.64. The Bertz CT molecular complexity index is 577. The molecule has 3 heterocycles. The van der Waals surface area contributed by atoms with E-state index in [2.05, 4.69) is 4.90 Å². The van der Waals surface area contributed by atoms with Gasteiger partial charge >= 0.3 is 0 Å². The van der Waals surface area contributed by atoms with E-state index in [0.29, 0.717) is 6.04 Å². The quantitative estimate of drug-likeness (QED) is 0.853. The maximum Gasteiger partial charge on any atom is 0.246 e. The molecule has 0 bridgehead atoms. The topological polar surface area (TPSA) is 66.6 Å². The molecule has 3 rings (SSSR count). The van der Waals surface area contributed by atoms with Gasteiger partial charge in [0, 0.05) is 30.1 Å². The normalized spacial score (nSPS) is 23.7. The Morgan fingerprint density at radius 1 is 1.22 bits per heavy atom. The van der Waals surface area contributed by atoms with Crippen molar-refractivity contribution in [1.82, 2.24) is 9.80 Å². The minimum atomic E-state index is -0.208. The van der Waals surface area contributed by atoms with Crippen LogP contribution in [0.25, 0.3) is 6.08 Å². The van der Waals surface area contributed by atoms with Crippen molar-refractivity contribution in [3.63, 3.8) is 0 Å². The highest BCUT2D eigenvalue weighted by molar-refractivity contribution is 7.10. The second-order valence-corrected chi connectivity index (χ2v) is 7.18. The number of nitrogens with zero attached hydrogens (tertiary/aromatic N) is 2. The van der Waals surface area contributed by atoms with E-state index in [-0.39, 0.29) is 17.9 Å². The Morgan fingerprint density at radius 2 is 2.00 bits per heavy atom. The summed E-state index contributed by atoms with van der Waals surface area (Å²) in [6.07, 6.45) is 7.29. The fourth-order valence-corrected chi connectivity index (χ4v) is 4.21. The van der Waals surface area contributed by atoms with Crippen LogP contribution in [-0.4, -0.2) is 53.3 Å². The van der Waals surface area contributed by atoms with Gasteiger partial charge in [-0.15, -0.1) is 11.3 Å². The highest BCUT2D eigenvalue weighted by Gasteiger charge is 2.35. The molecule has 2 saturated heterocycles. The van der Waals surface area contributed by atoms with Gasteiger partial charge in [0.25, 0.3) is 0 Å². The molecule has 1 aromatic rings. The van der Waals surface area contributed by atoms with Crippen LogP contribution < -0.4 is 5.73 Å². The van der Waals surface area contributed by atoms with Crippen LogP contribution in [0, 0.1) is 0 Å². The molecule has 23 heavy (non-hydrogen) atoms. The number of likely N-dealkylation sites (tertiary alicyclic amines) is 2. The Balaban J connectivity index is 1.52. The number of thiophene rings is 1. The molecular formula is C17H23N3O2S. The minimum Gasteiger partial charge on any atom is -0.368 e. The van der Waals surface area contributed by atoms with Crippen molar-refractivity contribution in [1.29, 1.82) is 0 Å². The summed E-state index contributed by atoms with van der Waals surface area (Å²) < 4.78 is 0. The molecule has 5 nitrogen and oxygen atoms in total. The Morgan fingerprint density at radius 3 is 2.65 bits per heavy atom. The molecule has 2 fully saturated rings. The monoisotopic (exact) mass is 333 g/mol. The van der Waals surface area contributed by atoms with Gasteiger partial charge in [0.15, 0.2) is 0 Å². The molecule has 1 atom stereocenters. The average Bonchev–Trinajstić information content (AvgIpc) is 3.24. The number of primary amides is 1. The van der Waals surface area contributed by atoms with E-state index >= 15 is 0 Å². The van der Waals surface area contributed by atoms with Crippen LogP contribution in [0.2, 0.25) is 0 Å². The summed E-state index contributed by atoms with van der Waals surface area (Å²) in [7, 11) is 0. The zero-order valence-corrected chi connectivity index (χ0v) is 14.0. The molecule has 2 aliphatic rings. The molecule has 2 amide bonds. The van der Waals surface area contributed by atoms with Gasteiger partial charge in [-0.05, 0) is 49.8 Å². The first kappa shape index (κ1) is 16.2. The Hall–Kier alpha value is -1.66. The van der Waals surface area contributed by atoms with Gasteiger partial charge < -0.3 is 10.6 Å². The van der Waals surface area contributed by atoms with E-state index in [0.717, 1.165) is 50.2 Å². The van der Waals surface area contributed by atoms with Crippen molar-refractivity contribution < 1.29 is 9.59 Å². The van der Waals surface area contributed by atoms with Gasteiger partial charge in [-0.25, -0.2) is 0 Å². The average molecular weight is 333 g/mol. The molecule has 0 aliphatic carbocycles. The van der Waals surface area contributed by atoms with Crippen molar-refractivity contribution in [2.24, 2.45) is 5.73 Å². The highest BCUT2D eigenvalue weighted by Crippen LogP contribution is 2.26. The zero-order valence-electron chi connectivity index (χ0n) is 13.2. The molecule has 124 valence electrons. The predicted octanol–water partition coefficient (Wildman–Crippen LogP) is 1.70. The summed E-state index contributed by atoms with van der Waals surface area (Å²) >= 11 is 1.62. The van der Waals surface area contributed by atoms with E-state index in [1.54, 1.807) is 17.4 Å². The summed E-state index contributed by atoms with van der Waals surface area (Å²) in [5.74, 6) is -0.135. The van der Waals surface area contributed by atoms with Gasteiger partial charge in [0.1, 0.15) is 0 Å². The molecule has 0 radical (unpaired) electrons. The van der Waals surface area contributed by atoms with Crippen molar-refractivity contribution in [3.05, 3.63) is 28.5 Å². The molecule has 2 N–H and O–H groups in total.